The highest BCUT2D eigenvalue weighted by Crippen LogP contribution is 2.37. The molecule has 1 aromatic carbocycles. The fourth-order valence-corrected chi connectivity index (χ4v) is 3.57. The molecule has 2 heterocycles. The van der Waals surface area contributed by atoms with Crippen molar-refractivity contribution in [1.82, 2.24) is 9.97 Å². The minimum Gasteiger partial charge on any atom is -0.371 e. The Bertz CT molecular complexity index is 817. The van der Waals surface area contributed by atoms with Crippen molar-refractivity contribution in [3.05, 3.63) is 34.8 Å². The van der Waals surface area contributed by atoms with E-state index in [0.717, 1.165) is 35.1 Å². The third-order valence-corrected chi connectivity index (χ3v) is 4.62. The number of carbonyl (C=O) groups is 1. The smallest absolute Gasteiger partial charge is 0.204 e. The summed E-state index contributed by atoms with van der Waals surface area (Å²) < 4.78 is 0. The number of rotatable bonds is 1. The maximum absolute atomic E-state index is 12.2. The largest absolute Gasteiger partial charge is 0.371 e. The maximum atomic E-state index is 12.2. The predicted molar refractivity (Wildman–Crippen MR) is 88.4 cm³/mol. The maximum Gasteiger partial charge on any atom is 0.204 e. The summed E-state index contributed by atoms with van der Waals surface area (Å²) in [5.74, 6) is 0.643. The van der Waals surface area contributed by atoms with Crippen LogP contribution in [0.15, 0.2) is 12.1 Å². The fraction of sp³-hybridized carbons (Fsp3) is 0.389. The van der Waals surface area contributed by atoms with Crippen molar-refractivity contribution in [2.45, 2.75) is 33.1 Å². The molecular formula is C18H19N3O. The topological polar surface area (TPSA) is 46.1 Å². The van der Waals surface area contributed by atoms with E-state index in [0.29, 0.717) is 11.5 Å². The number of piperidine rings is 1. The number of hydrogen-bond donors (Lipinski definition) is 0. The molecule has 0 saturated carbocycles. The van der Waals surface area contributed by atoms with Gasteiger partial charge in [0.15, 0.2) is 0 Å². The van der Waals surface area contributed by atoms with Gasteiger partial charge in [0, 0.05) is 29.7 Å². The number of aromatic nitrogens is 2. The number of carbonyl (C=O) groups excluding carboxylic acids is 1. The molecule has 1 fully saturated rings. The van der Waals surface area contributed by atoms with E-state index in [1.807, 2.05) is 13.0 Å². The first-order valence-electron chi connectivity index (χ1n) is 7.94. The summed E-state index contributed by atoms with van der Waals surface area (Å²) in [6.07, 6.45) is 7.36. The van der Waals surface area contributed by atoms with Crippen LogP contribution in [0.5, 0.6) is 0 Å². The second kappa shape index (κ2) is 4.90. The summed E-state index contributed by atoms with van der Waals surface area (Å²) in [6.45, 7) is 6.09. The van der Waals surface area contributed by atoms with Crippen LogP contribution in [-0.4, -0.2) is 28.8 Å². The van der Waals surface area contributed by atoms with E-state index in [2.05, 4.69) is 27.9 Å². The van der Waals surface area contributed by atoms with Crippen LogP contribution < -0.4 is 4.90 Å². The lowest BCUT2D eigenvalue weighted by Gasteiger charge is -2.31. The van der Waals surface area contributed by atoms with Gasteiger partial charge in [-0.3, -0.25) is 4.79 Å². The van der Waals surface area contributed by atoms with Gasteiger partial charge in [-0.15, -0.1) is 0 Å². The van der Waals surface area contributed by atoms with Crippen LogP contribution in [0.25, 0.3) is 17.0 Å². The molecule has 0 spiro atoms. The summed E-state index contributed by atoms with van der Waals surface area (Å²) >= 11 is 0. The first-order chi connectivity index (χ1) is 10.6. The molecule has 0 N–H and O–H groups in total. The third-order valence-electron chi connectivity index (χ3n) is 4.62. The summed E-state index contributed by atoms with van der Waals surface area (Å²) in [4.78, 5) is 23.7. The van der Waals surface area contributed by atoms with Crippen LogP contribution >= 0.6 is 0 Å². The molecule has 1 aliphatic carbocycles. The zero-order valence-electron chi connectivity index (χ0n) is 13.0. The normalized spacial score (nSPS) is 17.4. The molecule has 0 bridgehead atoms. The van der Waals surface area contributed by atoms with Crippen LogP contribution in [0.3, 0.4) is 0 Å². The molecule has 112 valence electrons. The zero-order valence-corrected chi connectivity index (χ0v) is 13.0. The number of aryl methyl sites for hydroxylation is 2. The summed E-state index contributed by atoms with van der Waals surface area (Å²) in [5, 5.41) is 0.929. The highest BCUT2D eigenvalue weighted by atomic mass is 16.1. The molecule has 4 nitrogen and oxygen atoms in total. The van der Waals surface area contributed by atoms with Gasteiger partial charge in [-0.05, 0) is 56.9 Å². The number of ketones is 1. The van der Waals surface area contributed by atoms with Crippen LogP contribution in [-0.2, 0) is 0 Å². The van der Waals surface area contributed by atoms with Gasteiger partial charge in [0.1, 0.15) is 11.5 Å². The van der Waals surface area contributed by atoms with E-state index in [1.54, 1.807) is 6.08 Å². The number of allylic oxidation sites excluding steroid dienone is 1. The summed E-state index contributed by atoms with van der Waals surface area (Å²) in [5.41, 5.74) is 4.92. The highest BCUT2D eigenvalue weighted by molar-refractivity contribution is 6.19. The molecule has 0 radical (unpaired) electrons. The summed E-state index contributed by atoms with van der Waals surface area (Å²) in [7, 11) is 0. The Balaban J connectivity index is 2.03. The van der Waals surface area contributed by atoms with Crippen LogP contribution in [0, 0.1) is 13.8 Å². The SMILES string of the molecule is Cc1nc2c3c(c(N4CCCCC4)cc(C)c3n1)C=CC2=O. The molecule has 2 aliphatic rings. The van der Waals surface area contributed by atoms with Gasteiger partial charge in [-0.2, -0.15) is 0 Å². The van der Waals surface area contributed by atoms with Gasteiger partial charge in [0.2, 0.25) is 5.78 Å². The van der Waals surface area contributed by atoms with Crippen LogP contribution in [0.2, 0.25) is 0 Å². The zero-order chi connectivity index (χ0) is 15.3. The molecule has 0 unspecified atom stereocenters. The molecule has 1 aromatic heterocycles. The second-order valence-electron chi connectivity index (χ2n) is 6.21. The van der Waals surface area contributed by atoms with E-state index >= 15 is 0 Å². The lowest BCUT2D eigenvalue weighted by atomic mass is 9.93. The Morgan fingerprint density at radius 1 is 1.05 bits per heavy atom. The number of anilines is 1. The first kappa shape index (κ1) is 13.4. The molecule has 0 atom stereocenters. The lowest BCUT2D eigenvalue weighted by molar-refractivity contribution is 0.104. The van der Waals surface area contributed by atoms with Gasteiger partial charge >= 0.3 is 0 Å². The van der Waals surface area contributed by atoms with Crippen LogP contribution in [0.1, 0.15) is 46.7 Å². The van der Waals surface area contributed by atoms with Gasteiger partial charge < -0.3 is 4.90 Å². The van der Waals surface area contributed by atoms with E-state index in [-0.39, 0.29) is 5.78 Å². The monoisotopic (exact) mass is 293 g/mol. The molecule has 4 rings (SSSR count). The van der Waals surface area contributed by atoms with Crippen molar-refractivity contribution in [3.63, 3.8) is 0 Å². The Morgan fingerprint density at radius 2 is 1.82 bits per heavy atom. The van der Waals surface area contributed by atoms with Crippen molar-refractivity contribution < 1.29 is 4.79 Å². The summed E-state index contributed by atoms with van der Waals surface area (Å²) in [6, 6.07) is 2.22. The molecular weight excluding hydrogens is 274 g/mol. The standard InChI is InChI=1S/C18H19N3O/c1-11-10-14(21-8-4-3-5-9-21)13-6-7-15(22)18-16(13)17(11)19-12(2)20-18/h6-7,10H,3-5,8-9H2,1-2H3. The van der Waals surface area contributed by atoms with Crippen molar-refractivity contribution in [2.75, 3.05) is 18.0 Å². The molecule has 1 aliphatic heterocycles. The average Bonchev–Trinajstić information content (AvgIpc) is 2.53. The quantitative estimate of drug-likeness (QED) is 0.808. The highest BCUT2D eigenvalue weighted by Gasteiger charge is 2.24. The molecule has 1 saturated heterocycles. The molecule has 2 aromatic rings. The van der Waals surface area contributed by atoms with Crippen molar-refractivity contribution in [3.8, 4) is 0 Å². The van der Waals surface area contributed by atoms with Gasteiger partial charge in [0.25, 0.3) is 0 Å². The molecule has 0 amide bonds. The molecule has 4 heteroatoms. The Kier molecular flexibility index (Phi) is 2.99. The number of nitrogens with zero attached hydrogens (tertiary/aromatic N) is 3. The first-order valence-corrected chi connectivity index (χ1v) is 7.94. The number of benzene rings is 1. The second-order valence-corrected chi connectivity index (χ2v) is 6.21. The van der Waals surface area contributed by atoms with Crippen LogP contribution in [0.4, 0.5) is 5.69 Å². The van der Waals surface area contributed by atoms with E-state index < -0.39 is 0 Å². The lowest BCUT2D eigenvalue weighted by Crippen LogP contribution is -2.30. The van der Waals surface area contributed by atoms with Gasteiger partial charge in [-0.1, -0.05) is 0 Å². The van der Waals surface area contributed by atoms with Crippen molar-refractivity contribution >= 4 is 28.4 Å². The Morgan fingerprint density at radius 3 is 2.59 bits per heavy atom. The minimum absolute atomic E-state index is 0.0156. The average molecular weight is 293 g/mol. The Hall–Kier alpha value is -2.23. The fourth-order valence-electron chi connectivity index (χ4n) is 3.57. The van der Waals surface area contributed by atoms with E-state index in [4.69, 9.17) is 0 Å². The van der Waals surface area contributed by atoms with Crippen molar-refractivity contribution in [1.29, 1.82) is 0 Å². The van der Waals surface area contributed by atoms with Crippen molar-refractivity contribution in [2.24, 2.45) is 0 Å². The number of hydrogen-bond acceptors (Lipinski definition) is 4. The van der Waals surface area contributed by atoms with E-state index in [9.17, 15) is 4.79 Å². The van der Waals surface area contributed by atoms with Gasteiger partial charge in [0.05, 0.1) is 5.52 Å². The van der Waals surface area contributed by atoms with E-state index in [1.165, 1.54) is 24.9 Å². The molecule has 22 heavy (non-hydrogen) atoms. The minimum atomic E-state index is -0.0156. The Labute approximate surface area is 129 Å². The van der Waals surface area contributed by atoms with Gasteiger partial charge in [-0.25, -0.2) is 9.97 Å². The third kappa shape index (κ3) is 1.94. The predicted octanol–water partition coefficient (Wildman–Crippen LogP) is 3.45.